The van der Waals surface area contributed by atoms with Gasteiger partial charge in [0.05, 0.1) is 19.4 Å². The number of rotatable bonds is 2. The van der Waals surface area contributed by atoms with E-state index in [0.29, 0.717) is 16.7 Å². The lowest BCUT2D eigenvalue weighted by Gasteiger charge is -2.57. The summed E-state index contributed by atoms with van der Waals surface area (Å²) < 4.78 is 5.57. The molecule has 4 aliphatic rings. The van der Waals surface area contributed by atoms with Gasteiger partial charge in [-0.3, -0.25) is 4.90 Å². The second-order valence-corrected chi connectivity index (χ2v) is 10.2. The van der Waals surface area contributed by atoms with E-state index in [-0.39, 0.29) is 0 Å². The molecule has 148 valence electrons. The topological polar surface area (TPSA) is 12.5 Å². The zero-order valence-electron chi connectivity index (χ0n) is 18.0. The molecule has 2 fully saturated rings. The van der Waals surface area contributed by atoms with Crippen molar-refractivity contribution in [2.75, 3.05) is 27.7 Å². The molecule has 0 unspecified atom stereocenters. The van der Waals surface area contributed by atoms with Crippen molar-refractivity contribution in [1.29, 1.82) is 0 Å². The van der Waals surface area contributed by atoms with Gasteiger partial charge < -0.3 is 4.74 Å². The Balaban J connectivity index is 1.57. The van der Waals surface area contributed by atoms with Gasteiger partial charge in [0, 0.05) is 12.3 Å². The fourth-order valence-corrected chi connectivity index (χ4v) is 7.01. The van der Waals surface area contributed by atoms with Crippen molar-refractivity contribution in [2.24, 2.45) is 28.6 Å². The highest BCUT2D eigenvalue weighted by atomic mass is 16.5. The van der Waals surface area contributed by atoms with Crippen LogP contribution < -0.4 is 0 Å². The van der Waals surface area contributed by atoms with Crippen molar-refractivity contribution >= 4 is 0 Å². The van der Waals surface area contributed by atoms with Crippen molar-refractivity contribution in [3.05, 3.63) is 23.0 Å². The van der Waals surface area contributed by atoms with Gasteiger partial charge in [0.1, 0.15) is 0 Å². The number of fused-ring (bicyclic) bond motifs is 4. The average molecular weight is 368 g/mol. The minimum absolute atomic E-state index is 0.416. The summed E-state index contributed by atoms with van der Waals surface area (Å²) in [5.41, 5.74) is 4.34. The number of hydrogen-bond donors (Lipinski definition) is 0. The van der Waals surface area contributed by atoms with Crippen LogP contribution in [-0.2, 0) is 4.74 Å². The van der Waals surface area contributed by atoms with Crippen LogP contribution in [0.1, 0.15) is 65.2 Å². The summed E-state index contributed by atoms with van der Waals surface area (Å²) in [5, 5.41) is 0. The van der Waals surface area contributed by atoms with Gasteiger partial charge in [-0.2, -0.15) is 0 Å². The monoisotopic (exact) mass is 367 g/mol. The molecule has 0 aromatic rings. The van der Waals surface area contributed by atoms with Gasteiger partial charge in [-0.05, 0) is 87.8 Å². The molecule has 0 saturated heterocycles. The molecule has 0 radical (unpaired) electrons. The fraction of sp³-hybridized carbons (Fsp3) is 0.760. The Kier molecular flexibility index (Phi) is 4.96. The second kappa shape index (κ2) is 7.00. The van der Waals surface area contributed by atoms with E-state index in [1.165, 1.54) is 44.3 Å². The first kappa shape index (κ1) is 19.1. The van der Waals surface area contributed by atoms with E-state index in [0.717, 1.165) is 31.2 Å². The number of allylic oxidation sites excluding steroid dienone is 3. The highest BCUT2D eigenvalue weighted by molar-refractivity contribution is 5.36. The van der Waals surface area contributed by atoms with E-state index in [1.807, 2.05) is 7.11 Å². The van der Waals surface area contributed by atoms with Crippen LogP contribution in [0.5, 0.6) is 0 Å². The SMILES string of the molecule is COC1=CCC2=C(CC[C@H]3[C@@H]4CC[C@@H](C#CCN(C)C)[C@@]4(C)CC[C@]23C)C1. The molecule has 4 aliphatic carbocycles. The Morgan fingerprint density at radius 2 is 1.96 bits per heavy atom. The van der Waals surface area contributed by atoms with Crippen LogP contribution >= 0.6 is 0 Å². The van der Waals surface area contributed by atoms with Crippen LogP contribution in [0, 0.1) is 40.4 Å². The van der Waals surface area contributed by atoms with Gasteiger partial charge in [0.15, 0.2) is 0 Å². The van der Waals surface area contributed by atoms with E-state index in [2.05, 4.69) is 50.8 Å². The molecule has 0 aromatic carbocycles. The van der Waals surface area contributed by atoms with E-state index >= 15 is 0 Å². The van der Waals surface area contributed by atoms with E-state index in [4.69, 9.17) is 4.74 Å². The summed E-state index contributed by atoms with van der Waals surface area (Å²) in [5.74, 6) is 10.7. The molecule has 0 N–H and O–H groups in total. The highest BCUT2D eigenvalue weighted by Gasteiger charge is 2.58. The standard InChI is InChI=1S/C25H37NO/c1-24-14-15-25(2)21-13-10-20(27-5)17-18(21)8-11-23(25)22(24)12-9-19(24)7-6-16-26(3)4/h10,19,22-23H,8-9,11-17H2,1-5H3/t19-,22+,23+,24-,25-/m1/s1. The minimum atomic E-state index is 0.416. The molecule has 2 heteroatoms. The lowest BCUT2D eigenvalue weighted by Crippen LogP contribution is -2.49. The van der Waals surface area contributed by atoms with Crippen LogP contribution in [0.3, 0.4) is 0 Å². The first-order valence-electron chi connectivity index (χ1n) is 11.0. The molecule has 0 aromatic heterocycles. The van der Waals surface area contributed by atoms with Crippen molar-refractivity contribution in [1.82, 2.24) is 4.90 Å². The molecule has 2 saturated carbocycles. The highest BCUT2D eigenvalue weighted by Crippen LogP contribution is 2.67. The summed E-state index contributed by atoms with van der Waals surface area (Å²) in [7, 11) is 6.05. The summed E-state index contributed by atoms with van der Waals surface area (Å²) >= 11 is 0. The molecule has 2 nitrogen and oxygen atoms in total. The summed E-state index contributed by atoms with van der Waals surface area (Å²) in [6.07, 6.45) is 12.6. The smallest absolute Gasteiger partial charge is 0.0959 e. The molecule has 0 bridgehead atoms. The summed E-state index contributed by atoms with van der Waals surface area (Å²) in [6.45, 7) is 6.07. The van der Waals surface area contributed by atoms with Crippen LogP contribution in [0.2, 0.25) is 0 Å². The van der Waals surface area contributed by atoms with Crippen LogP contribution in [-0.4, -0.2) is 32.6 Å². The van der Waals surface area contributed by atoms with E-state index in [1.54, 1.807) is 11.1 Å². The second-order valence-electron chi connectivity index (χ2n) is 10.2. The molecular formula is C25H37NO. The Bertz CT molecular complexity index is 720. The maximum atomic E-state index is 5.57. The third-order valence-corrected chi connectivity index (χ3v) is 8.63. The number of hydrogen-bond acceptors (Lipinski definition) is 2. The molecule has 27 heavy (non-hydrogen) atoms. The van der Waals surface area contributed by atoms with Gasteiger partial charge in [-0.25, -0.2) is 0 Å². The Morgan fingerprint density at radius 3 is 2.70 bits per heavy atom. The lowest BCUT2D eigenvalue weighted by molar-refractivity contribution is -0.0223. The van der Waals surface area contributed by atoms with Gasteiger partial charge in [-0.1, -0.05) is 36.8 Å². The maximum Gasteiger partial charge on any atom is 0.0959 e. The molecule has 0 amide bonds. The van der Waals surface area contributed by atoms with Crippen LogP contribution in [0.15, 0.2) is 23.0 Å². The zero-order chi connectivity index (χ0) is 19.2. The van der Waals surface area contributed by atoms with Crippen LogP contribution in [0.4, 0.5) is 0 Å². The first-order chi connectivity index (χ1) is 12.9. The molecular weight excluding hydrogens is 330 g/mol. The molecule has 4 rings (SSSR count). The van der Waals surface area contributed by atoms with Gasteiger partial charge in [-0.15, -0.1) is 0 Å². The maximum absolute atomic E-state index is 5.57. The largest absolute Gasteiger partial charge is 0.501 e. The Morgan fingerprint density at radius 1 is 1.15 bits per heavy atom. The third-order valence-electron chi connectivity index (χ3n) is 8.63. The zero-order valence-corrected chi connectivity index (χ0v) is 18.0. The molecule has 0 heterocycles. The van der Waals surface area contributed by atoms with Gasteiger partial charge in [0.2, 0.25) is 0 Å². The van der Waals surface area contributed by atoms with E-state index in [9.17, 15) is 0 Å². The van der Waals surface area contributed by atoms with Gasteiger partial charge in [0.25, 0.3) is 0 Å². The van der Waals surface area contributed by atoms with Crippen molar-refractivity contribution in [3.63, 3.8) is 0 Å². The van der Waals surface area contributed by atoms with E-state index < -0.39 is 0 Å². The summed E-state index contributed by atoms with van der Waals surface area (Å²) in [6, 6.07) is 0. The number of ether oxygens (including phenoxy) is 1. The molecule has 0 spiro atoms. The van der Waals surface area contributed by atoms with Crippen LogP contribution in [0.25, 0.3) is 0 Å². The lowest BCUT2D eigenvalue weighted by atomic mass is 9.47. The quantitative estimate of drug-likeness (QED) is 0.478. The average Bonchev–Trinajstić information content (AvgIpc) is 2.97. The Labute approximate surface area is 166 Å². The minimum Gasteiger partial charge on any atom is -0.501 e. The molecule has 5 atom stereocenters. The number of nitrogens with zero attached hydrogens (tertiary/aromatic N) is 1. The fourth-order valence-electron chi connectivity index (χ4n) is 7.01. The predicted octanol–water partition coefficient (Wildman–Crippen LogP) is 5.41. The normalized spacial score (nSPS) is 40.5. The van der Waals surface area contributed by atoms with Crippen molar-refractivity contribution in [2.45, 2.75) is 65.2 Å². The summed E-state index contributed by atoms with van der Waals surface area (Å²) in [4.78, 5) is 2.18. The predicted molar refractivity (Wildman–Crippen MR) is 112 cm³/mol. The number of methoxy groups -OCH3 is 1. The third kappa shape index (κ3) is 3.07. The first-order valence-corrected chi connectivity index (χ1v) is 11.0. The van der Waals surface area contributed by atoms with Crippen molar-refractivity contribution in [3.8, 4) is 11.8 Å². The van der Waals surface area contributed by atoms with Gasteiger partial charge >= 0.3 is 0 Å². The van der Waals surface area contributed by atoms with Crippen molar-refractivity contribution < 1.29 is 4.74 Å². The molecule has 0 aliphatic heterocycles. The Hall–Kier alpha value is -1.20.